The number of nitrogens with one attached hydrogen (secondary N) is 1. The van der Waals surface area contributed by atoms with E-state index in [1.54, 1.807) is 23.9 Å². The second-order valence-corrected chi connectivity index (χ2v) is 10.7. The van der Waals surface area contributed by atoms with Gasteiger partial charge in [0.05, 0.1) is 23.4 Å². The summed E-state index contributed by atoms with van der Waals surface area (Å²) in [6.07, 6.45) is 4.75. The molecule has 2 aromatic carbocycles. The summed E-state index contributed by atoms with van der Waals surface area (Å²) in [5.41, 5.74) is 6.67. The molecule has 0 aliphatic carbocycles. The number of halogens is 2. The molecule has 4 aromatic rings. The number of aryl methyl sites for hydroxylation is 4. The molecular formula is C30H33F2N5O. The highest BCUT2D eigenvalue weighted by Gasteiger charge is 2.27. The number of pyridine rings is 1. The molecule has 2 aliphatic rings. The van der Waals surface area contributed by atoms with Gasteiger partial charge in [0.2, 0.25) is 0 Å². The second kappa shape index (κ2) is 9.66. The number of rotatable bonds is 4. The third-order valence-electron chi connectivity index (χ3n) is 8.14. The summed E-state index contributed by atoms with van der Waals surface area (Å²) in [4.78, 5) is 14.8. The summed E-state index contributed by atoms with van der Waals surface area (Å²) in [6, 6.07) is 9.96. The van der Waals surface area contributed by atoms with Crippen molar-refractivity contribution in [2.24, 2.45) is 7.05 Å². The Bertz CT molecular complexity index is 1580. The number of anilines is 2. The second-order valence-electron chi connectivity index (χ2n) is 10.7. The van der Waals surface area contributed by atoms with Crippen LogP contribution >= 0.6 is 0 Å². The number of fused-ring (bicyclic) bond motifs is 2. The van der Waals surface area contributed by atoms with Crippen LogP contribution in [0.15, 0.2) is 47.5 Å². The summed E-state index contributed by atoms with van der Waals surface area (Å²) in [7, 11) is 1.79. The normalized spacial score (nSPS) is 16.4. The van der Waals surface area contributed by atoms with E-state index in [0.29, 0.717) is 17.2 Å². The summed E-state index contributed by atoms with van der Waals surface area (Å²) < 4.78 is 32.7. The maximum Gasteiger partial charge on any atom is 0.264 e. The van der Waals surface area contributed by atoms with Gasteiger partial charge < -0.3 is 14.8 Å². The summed E-state index contributed by atoms with van der Waals surface area (Å²) in [6.45, 7) is 6.44. The smallest absolute Gasteiger partial charge is 0.264 e. The molecule has 4 heterocycles. The Morgan fingerprint density at radius 2 is 1.84 bits per heavy atom. The van der Waals surface area contributed by atoms with Gasteiger partial charge in [0.15, 0.2) is 0 Å². The average Bonchev–Trinajstić information content (AvgIpc) is 3.42. The first-order valence-electron chi connectivity index (χ1n) is 13.4. The fourth-order valence-electron chi connectivity index (χ4n) is 6.14. The SMILES string of the molecule is Cc1cc(N2CCCc3cc(-c4cnn(C5CCNCC5)c4)c(C(F)F)cc32)c2cc(C)c(=O)n(C)c2c1. The summed E-state index contributed by atoms with van der Waals surface area (Å²) in [5.74, 6) is 0. The molecule has 0 unspecified atom stereocenters. The van der Waals surface area contributed by atoms with Crippen molar-refractivity contribution < 1.29 is 8.78 Å². The molecule has 1 N–H and O–H groups in total. The highest BCUT2D eigenvalue weighted by atomic mass is 19.3. The van der Waals surface area contributed by atoms with Crippen LogP contribution in [0.1, 0.15) is 54.0 Å². The zero-order chi connectivity index (χ0) is 26.6. The van der Waals surface area contributed by atoms with E-state index in [9.17, 15) is 13.6 Å². The van der Waals surface area contributed by atoms with E-state index in [-0.39, 0.29) is 11.1 Å². The van der Waals surface area contributed by atoms with Crippen LogP contribution in [0.25, 0.3) is 22.0 Å². The number of benzene rings is 2. The van der Waals surface area contributed by atoms with Crippen molar-refractivity contribution in [2.75, 3.05) is 24.5 Å². The van der Waals surface area contributed by atoms with E-state index in [1.165, 1.54) is 0 Å². The molecule has 2 aliphatic heterocycles. The maximum atomic E-state index is 14.5. The molecule has 38 heavy (non-hydrogen) atoms. The lowest BCUT2D eigenvalue weighted by molar-refractivity contribution is 0.152. The van der Waals surface area contributed by atoms with Gasteiger partial charge in [-0.2, -0.15) is 5.10 Å². The van der Waals surface area contributed by atoms with E-state index in [0.717, 1.165) is 84.3 Å². The number of nitrogens with zero attached hydrogens (tertiary/aromatic N) is 4. The van der Waals surface area contributed by atoms with E-state index in [4.69, 9.17) is 0 Å². The first-order valence-corrected chi connectivity index (χ1v) is 13.4. The number of aromatic nitrogens is 3. The van der Waals surface area contributed by atoms with Crippen LogP contribution in [0.2, 0.25) is 0 Å². The predicted octanol–water partition coefficient (Wildman–Crippen LogP) is 5.97. The molecule has 2 aromatic heterocycles. The molecule has 198 valence electrons. The Morgan fingerprint density at radius 1 is 1.05 bits per heavy atom. The molecule has 8 heteroatoms. The molecule has 6 nitrogen and oxygen atoms in total. The molecular weight excluding hydrogens is 484 g/mol. The molecule has 6 rings (SSSR count). The van der Waals surface area contributed by atoms with Gasteiger partial charge >= 0.3 is 0 Å². The molecule has 0 spiro atoms. The highest BCUT2D eigenvalue weighted by molar-refractivity contribution is 5.96. The fourth-order valence-corrected chi connectivity index (χ4v) is 6.14. The van der Waals surface area contributed by atoms with Crippen molar-refractivity contribution in [3.05, 3.63) is 75.3 Å². The van der Waals surface area contributed by atoms with Crippen LogP contribution < -0.4 is 15.8 Å². The van der Waals surface area contributed by atoms with Gasteiger partial charge in [-0.15, -0.1) is 0 Å². The maximum absolute atomic E-state index is 14.5. The van der Waals surface area contributed by atoms with Gasteiger partial charge in [-0.25, -0.2) is 8.78 Å². The first-order chi connectivity index (χ1) is 18.3. The average molecular weight is 518 g/mol. The van der Waals surface area contributed by atoms with E-state index < -0.39 is 6.43 Å². The first kappa shape index (κ1) is 24.8. The van der Waals surface area contributed by atoms with Gasteiger partial charge in [-0.05, 0) is 99.6 Å². The quantitative estimate of drug-likeness (QED) is 0.363. The van der Waals surface area contributed by atoms with Crippen LogP contribution in [0.3, 0.4) is 0 Å². The van der Waals surface area contributed by atoms with Crippen LogP contribution in [-0.2, 0) is 13.5 Å². The van der Waals surface area contributed by atoms with Crippen molar-refractivity contribution >= 4 is 22.3 Å². The van der Waals surface area contributed by atoms with Gasteiger partial charge in [0, 0.05) is 47.6 Å². The molecule has 1 fully saturated rings. The molecule has 0 radical (unpaired) electrons. The Balaban J connectivity index is 1.48. The largest absolute Gasteiger partial charge is 0.341 e. The highest BCUT2D eigenvalue weighted by Crippen LogP contribution is 2.43. The Kier molecular flexibility index (Phi) is 6.30. The van der Waals surface area contributed by atoms with Gasteiger partial charge in [0.25, 0.3) is 12.0 Å². The third kappa shape index (κ3) is 4.21. The van der Waals surface area contributed by atoms with Gasteiger partial charge in [0.1, 0.15) is 0 Å². The molecule has 0 atom stereocenters. The van der Waals surface area contributed by atoms with Gasteiger partial charge in [-0.1, -0.05) is 0 Å². The minimum Gasteiger partial charge on any atom is -0.341 e. The van der Waals surface area contributed by atoms with Crippen molar-refractivity contribution in [3.8, 4) is 11.1 Å². The van der Waals surface area contributed by atoms with E-state index in [1.807, 2.05) is 42.9 Å². The summed E-state index contributed by atoms with van der Waals surface area (Å²) >= 11 is 0. The molecule has 0 saturated carbocycles. The van der Waals surface area contributed by atoms with Crippen molar-refractivity contribution in [1.82, 2.24) is 19.7 Å². The Labute approximate surface area is 220 Å². The number of hydrogen-bond donors (Lipinski definition) is 1. The van der Waals surface area contributed by atoms with Crippen molar-refractivity contribution in [1.29, 1.82) is 0 Å². The standard InChI is InChI=1S/C30H33F2N5O/c1-18-11-27-25(13-19(2)30(38)35(27)3)28(12-18)36-10-4-5-20-14-23(24(29(31)32)15-26(20)36)21-16-34-37(17-21)22-6-8-33-9-7-22/h11-17,22,29,33H,4-10H2,1-3H3. The van der Waals surface area contributed by atoms with E-state index in [2.05, 4.69) is 21.4 Å². The zero-order valence-corrected chi connectivity index (χ0v) is 22.1. The molecule has 1 saturated heterocycles. The minimum atomic E-state index is -2.61. The van der Waals surface area contributed by atoms with Crippen molar-refractivity contribution in [3.63, 3.8) is 0 Å². The van der Waals surface area contributed by atoms with Gasteiger partial charge in [-0.3, -0.25) is 9.48 Å². The number of hydrogen-bond acceptors (Lipinski definition) is 4. The monoisotopic (exact) mass is 517 g/mol. The van der Waals surface area contributed by atoms with E-state index >= 15 is 0 Å². The lowest BCUT2D eigenvalue weighted by Gasteiger charge is -2.34. The molecule has 0 amide bonds. The lowest BCUT2D eigenvalue weighted by Crippen LogP contribution is -2.29. The Hall–Kier alpha value is -3.52. The predicted molar refractivity (Wildman–Crippen MR) is 148 cm³/mol. The number of piperidine rings is 1. The van der Waals surface area contributed by atoms with Crippen LogP contribution in [0.5, 0.6) is 0 Å². The fraction of sp³-hybridized carbons (Fsp3) is 0.400. The van der Waals surface area contributed by atoms with Crippen LogP contribution in [0.4, 0.5) is 20.2 Å². The summed E-state index contributed by atoms with van der Waals surface area (Å²) in [5, 5.41) is 8.88. The lowest BCUT2D eigenvalue weighted by atomic mass is 9.92. The van der Waals surface area contributed by atoms with Crippen molar-refractivity contribution in [2.45, 2.75) is 52.0 Å². The van der Waals surface area contributed by atoms with Crippen LogP contribution in [0, 0.1) is 13.8 Å². The zero-order valence-electron chi connectivity index (χ0n) is 22.1. The molecule has 0 bridgehead atoms. The third-order valence-corrected chi connectivity index (χ3v) is 8.14. The Morgan fingerprint density at radius 3 is 2.61 bits per heavy atom. The minimum absolute atomic E-state index is 0.0252. The topological polar surface area (TPSA) is 55.1 Å². The van der Waals surface area contributed by atoms with Crippen LogP contribution in [-0.4, -0.2) is 34.0 Å². The number of alkyl halides is 2.